The van der Waals surface area contributed by atoms with Gasteiger partial charge in [-0.25, -0.2) is 0 Å². The number of likely N-dealkylation sites (N-methyl/N-ethyl adjacent to an activating group) is 1. The van der Waals surface area contributed by atoms with Gasteiger partial charge in [-0.2, -0.15) is 0 Å². The molecule has 5 heteroatoms. The number of aliphatic hydroxyl groups is 1. The van der Waals surface area contributed by atoms with E-state index in [9.17, 15) is 0 Å². The zero-order valence-corrected chi connectivity index (χ0v) is 8.30. The molecule has 1 unspecified atom stereocenters. The van der Waals surface area contributed by atoms with Crippen molar-refractivity contribution in [3.63, 3.8) is 0 Å². The second kappa shape index (κ2) is 4.34. The van der Waals surface area contributed by atoms with Gasteiger partial charge in [-0.05, 0) is 14.0 Å². The molecule has 1 rings (SSSR count). The lowest BCUT2D eigenvalue weighted by molar-refractivity contribution is 0.153. The Labute approximate surface area is 78.0 Å². The third-order valence-corrected chi connectivity index (χ3v) is 2.08. The average molecular weight is 184 g/mol. The lowest BCUT2D eigenvalue weighted by Gasteiger charge is -2.21. The van der Waals surface area contributed by atoms with Crippen molar-refractivity contribution in [3.05, 3.63) is 11.9 Å². The summed E-state index contributed by atoms with van der Waals surface area (Å²) in [7, 11) is 3.79. The maximum Gasteiger partial charge on any atom is 0.0967 e. The van der Waals surface area contributed by atoms with Crippen LogP contribution >= 0.6 is 0 Å². The number of nitrogens with zero attached hydrogens (tertiary/aromatic N) is 4. The summed E-state index contributed by atoms with van der Waals surface area (Å²) >= 11 is 0. The van der Waals surface area contributed by atoms with Gasteiger partial charge >= 0.3 is 0 Å². The van der Waals surface area contributed by atoms with Crippen molar-refractivity contribution in [1.29, 1.82) is 0 Å². The topological polar surface area (TPSA) is 54.2 Å². The molecule has 13 heavy (non-hydrogen) atoms. The van der Waals surface area contributed by atoms with E-state index in [-0.39, 0.29) is 12.6 Å². The molecule has 1 atom stereocenters. The quantitative estimate of drug-likeness (QED) is 0.693. The molecule has 1 heterocycles. The van der Waals surface area contributed by atoms with Crippen LogP contribution in [0.4, 0.5) is 0 Å². The molecule has 0 amide bonds. The van der Waals surface area contributed by atoms with Crippen LogP contribution in [0.5, 0.6) is 0 Å². The highest BCUT2D eigenvalue weighted by Crippen LogP contribution is 2.01. The molecule has 1 aromatic heterocycles. The number of aryl methyl sites for hydroxylation is 1. The molecular formula is C8H16N4O. The Balaban J connectivity index is 2.49. The Kier molecular flexibility index (Phi) is 3.39. The molecule has 0 saturated carbocycles. The first-order valence-corrected chi connectivity index (χ1v) is 4.29. The lowest BCUT2D eigenvalue weighted by Crippen LogP contribution is -2.31. The van der Waals surface area contributed by atoms with Crippen LogP contribution < -0.4 is 0 Å². The first-order valence-electron chi connectivity index (χ1n) is 4.29. The van der Waals surface area contributed by atoms with E-state index in [4.69, 9.17) is 5.11 Å². The maximum atomic E-state index is 8.91. The Morgan fingerprint density at radius 2 is 2.38 bits per heavy atom. The van der Waals surface area contributed by atoms with E-state index in [2.05, 4.69) is 10.3 Å². The molecule has 0 saturated heterocycles. The Hall–Kier alpha value is -0.940. The Morgan fingerprint density at radius 1 is 1.69 bits per heavy atom. The number of hydrogen-bond donors (Lipinski definition) is 1. The van der Waals surface area contributed by atoms with Crippen molar-refractivity contribution in [3.8, 4) is 0 Å². The molecule has 0 bridgehead atoms. The summed E-state index contributed by atoms with van der Waals surface area (Å²) in [6.07, 6.45) is 1.88. The van der Waals surface area contributed by atoms with Crippen LogP contribution in [-0.4, -0.2) is 44.7 Å². The number of rotatable bonds is 4. The van der Waals surface area contributed by atoms with Gasteiger partial charge in [-0.3, -0.25) is 9.58 Å². The molecule has 74 valence electrons. The second-order valence-corrected chi connectivity index (χ2v) is 3.33. The summed E-state index contributed by atoms with van der Waals surface area (Å²) in [5, 5.41) is 16.7. The minimum Gasteiger partial charge on any atom is -0.395 e. The SMILES string of the molecule is CC(CO)N(C)Cc1cn(C)nn1. The van der Waals surface area contributed by atoms with Gasteiger partial charge in [0.15, 0.2) is 0 Å². The third-order valence-electron chi connectivity index (χ3n) is 2.08. The van der Waals surface area contributed by atoms with E-state index in [0.29, 0.717) is 0 Å². The van der Waals surface area contributed by atoms with Gasteiger partial charge in [0.05, 0.1) is 12.3 Å². The monoisotopic (exact) mass is 184 g/mol. The molecule has 0 aromatic carbocycles. The number of aromatic nitrogens is 3. The van der Waals surface area contributed by atoms with E-state index in [1.165, 1.54) is 0 Å². The fourth-order valence-electron chi connectivity index (χ4n) is 1.02. The standard InChI is InChI=1S/C8H16N4O/c1-7(6-13)11(2)4-8-5-12(3)10-9-8/h5,7,13H,4,6H2,1-3H3. The molecule has 0 aliphatic heterocycles. The zero-order valence-electron chi connectivity index (χ0n) is 8.30. The fraction of sp³-hybridized carbons (Fsp3) is 0.750. The van der Waals surface area contributed by atoms with E-state index in [1.54, 1.807) is 4.68 Å². The predicted molar refractivity (Wildman–Crippen MR) is 49.0 cm³/mol. The van der Waals surface area contributed by atoms with Gasteiger partial charge < -0.3 is 5.11 Å². The summed E-state index contributed by atoms with van der Waals surface area (Å²) < 4.78 is 1.67. The van der Waals surface area contributed by atoms with Gasteiger partial charge in [0.25, 0.3) is 0 Å². The smallest absolute Gasteiger partial charge is 0.0967 e. The van der Waals surface area contributed by atoms with Crippen molar-refractivity contribution in [2.75, 3.05) is 13.7 Å². The van der Waals surface area contributed by atoms with Crippen LogP contribution in [0.2, 0.25) is 0 Å². The predicted octanol–water partition coefficient (Wildman–Crippen LogP) is -0.372. The van der Waals surface area contributed by atoms with Crippen LogP contribution in [0.15, 0.2) is 6.20 Å². The van der Waals surface area contributed by atoms with E-state index in [1.807, 2.05) is 32.1 Å². The highest BCUT2D eigenvalue weighted by Gasteiger charge is 2.09. The summed E-state index contributed by atoms with van der Waals surface area (Å²) in [6.45, 7) is 2.85. The molecule has 5 nitrogen and oxygen atoms in total. The van der Waals surface area contributed by atoms with Gasteiger partial charge in [0, 0.05) is 25.8 Å². The zero-order chi connectivity index (χ0) is 9.84. The molecule has 0 radical (unpaired) electrons. The number of aliphatic hydroxyl groups excluding tert-OH is 1. The molecule has 0 aliphatic rings. The van der Waals surface area contributed by atoms with E-state index >= 15 is 0 Å². The normalized spacial score (nSPS) is 13.6. The second-order valence-electron chi connectivity index (χ2n) is 3.33. The Morgan fingerprint density at radius 3 is 2.85 bits per heavy atom. The molecule has 0 aliphatic carbocycles. The highest BCUT2D eigenvalue weighted by molar-refractivity contribution is 4.91. The maximum absolute atomic E-state index is 8.91. The van der Waals surface area contributed by atoms with Gasteiger partial charge in [-0.15, -0.1) is 5.10 Å². The largest absolute Gasteiger partial charge is 0.395 e. The van der Waals surface area contributed by atoms with E-state index in [0.717, 1.165) is 12.2 Å². The van der Waals surface area contributed by atoms with Crippen LogP contribution in [0.1, 0.15) is 12.6 Å². The summed E-state index contributed by atoms with van der Waals surface area (Å²) in [4.78, 5) is 2.03. The van der Waals surface area contributed by atoms with Crippen LogP contribution in [-0.2, 0) is 13.6 Å². The lowest BCUT2D eigenvalue weighted by atomic mass is 10.3. The summed E-state index contributed by atoms with van der Waals surface area (Å²) in [6, 6.07) is 0.155. The summed E-state index contributed by atoms with van der Waals surface area (Å²) in [5.41, 5.74) is 0.922. The van der Waals surface area contributed by atoms with Crippen LogP contribution in [0, 0.1) is 0 Å². The fourth-order valence-corrected chi connectivity index (χ4v) is 1.02. The van der Waals surface area contributed by atoms with Crippen molar-refractivity contribution < 1.29 is 5.11 Å². The molecule has 1 N–H and O–H groups in total. The molecular weight excluding hydrogens is 168 g/mol. The molecule has 1 aromatic rings. The first kappa shape index (κ1) is 10.1. The van der Waals surface area contributed by atoms with Crippen LogP contribution in [0.25, 0.3) is 0 Å². The van der Waals surface area contributed by atoms with Crippen molar-refractivity contribution >= 4 is 0 Å². The van der Waals surface area contributed by atoms with E-state index < -0.39 is 0 Å². The Bertz CT molecular complexity index is 260. The minimum atomic E-state index is 0.155. The van der Waals surface area contributed by atoms with Gasteiger partial charge in [0.1, 0.15) is 0 Å². The molecule has 0 fully saturated rings. The number of hydrogen-bond acceptors (Lipinski definition) is 4. The van der Waals surface area contributed by atoms with Gasteiger partial charge in [-0.1, -0.05) is 5.21 Å². The highest BCUT2D eigenvalue weighted by atomic mass is 16.3. The van der Waals surface area contributed by atoms with Crippen molar-refractivity contribution in [1.82, 2.24) is 19.9 Å². The summed E-state index contributed by atoms with van der Waals surface area (Å²) in [5.74, 6) is 0. The van der Waals surface area contributed by atoms with Crippen LogP contribution in [0.3, 0.4) is 0 Å². The third kappa shape index (κ3) is 2.78. The average Bonchev–Trinajstić information content (AvgIpc) is 2.49. The van der Waals surface area contributed by atoms with Crippen molar-refractivity contribution in [2.24, 2.45) is 7.05 Å². The minimum absolute atomic E-state index is 0.155. The van der Waals surface area contributed by atoms with Crippen molar-refractivity contribution in [2.45, 2.75) is 19.5 Å². The first-order chi connectivity index (χ1) is 6.13. The van der Waals surface area contributed by atoms with Gasteiger partial charge in [0.2, 0.25) is 0 Å². The molecule has 0 spiro atoms.